The van der Waals surface area contributed by atoms with Gasteiger partial charge in [-0.2, -0.15) is 0 Å². The van der Waals surface area contributed by atoms with Gasteiger partial charge in [0.2, 0.25) is 0 Å². The molecule has 1 N–H and O–H groups in total. The Kier molecular flexibility index (Phi) is 6.25. The fourth-order valence-corrected chi connectivity index (χ4v) is 4.10. The summed E-state index contributed by atoms with van der Waals surface area (Å²) in [5, 5.41) is 11.7. The number of aryl methyl sites for hydroxylation is 1. The number of hydrogen-bond donors (Lipinski definition) is 1. The molecule has 6 heteroatoms. The number of hydrogen-bond acceptors (Lipinski definition) is 4. The first-order valence-corrected chi connectivity index (χ1v) is 11.0. The highest BCUT2D eigenvalue weighted by Crippen LogP contribution is 2.42. The molecule has 0 bridgehead atoms. The number of aliphatic hydroxyl groups excluding tert-OH is 1. The predicted octanol–water partition coefficient (Wildman–Crippen LogP) is 6.06. The third kappa shape index (κ3) is 4.50. The summed E-state index contributed by atoms with van der Waals surface area (Å²) in [4.78, 5) is 27.8. The summed E-state index contributed by atoms with van der Waals surface area (Å²) in [6.07, 6.45) is 0.00969. The predicted molar refractivity (Wildman–Crippen MR) is 130 cm³/mol. The number of anilines is 1. The van der Waals surface area contributed by atoms with Crippen LogP contribution in [0.1, 0.15) is 36.6 Å². The fourth-order valence-electron chi connectivity index (χ4n) is 3.98. The second-order valence-corrected chi connectivity index (χ2v) is 8.69. The van der Waals surface area contributed by atoms with E-state index in [-0.39, 0.29) is 17.4 Å². The zero-order valence-electron chi connectivity index (χ0n) is 18.6. The van der Waals surface area contributed by atoms with Crippen LogP contribution < -0.4 is 9.64 Å². The average molecular weight is 462 g/mol. The smallest absolute Gasteiger partial charge is 0.300 e. The lowest BCUT2D eigenvalue weighted by molar-refractivity contribution is -0.132. The van der Waals surface area contributed by atoms with Gasteiger partial charge in [0.05, 0.1) is 17.7 Å². The van der Waals surface area contributed by atoms with Crippen molar-refractivity contribution in [3.8, 4) is 5.75 Å². The van der Waals surface area contributed by atoms with Crippen LogP contribution >= 0.6 is 11.6 Å². The third-order valence-electron chi connectivity index (χ3n) is 5.41. The molecule has 33 heavy (non-hydrogen) atoms. The van der Waals surface area contributed by atoms with E-state index in [0.717, 1.165) is 11.1 Å². The Morgan fingerprint density at radius 3 is 2.27 bits per heavy atom. The van der Waals surface area contributed by atoms with Gasteiger partial charge in [-0.05, 0) is 74.9 Å². The van der Waals surface area contributed by atoms with Crippen molar-refractivity contribution in [2.45, 2.75) is 32.9 Å². The monoisotopic (exact) mass is 461 g/mol. The van der Waals surface area contributed by atoms with Crippen LogP contribution in [0.25, 0.3) is 5.76 Å². The van der Waals surface area contributed by atoms with Crippen LogP contribution in [-0.2, 0) is 9.59 Å². The van der Waals surface area contributed by atoms with Gasteiger partial charge in [0, 0.05) is 16.3 Å². The van der Waals surface area contributed by atoms with E-state index >= 15 is 0 Å². The molecule has 3 aromatic rings. The normalized spacial score (nSPS) is 17.6. The molecule has 1 aliphatic rings. The molecule has 1 aliphatic heterocycles. The van der Waals surface area contributed by atoms with E-state index in [1.165, 1.54) is 4.90 Å². The van der Waals surface area contributed by atoms with Gasteiger partial charge in [-0.15, -0.1) is 0 Å². The SMILES string of the molecule is Cc1cccc(C2/C(=C(/O)c3ccc(OC(C)C)cc3)C(=O)C(=O)N2c2ccc(Cl)cc2)c1. The molecule has 0 aromatic heterocycles. The molecule has 3 aromatic carbocycles. The lowest BCUT2D eigenvalue weighted by Crippen LogP contribution is -2.29. The van der Waals surface area contributed by atoms with Crippen LogP contribution in [0.2, 0.25) is 5.02 Å². The zero-order valence-corrected chi connectivity index (χ0v) is 19.3. The number of halogens is 1. The Morgan fingerprint density at radius 1 is 1.00 bits per heavy atom. The molecule has 168 valence electrons. The van der Waals surface area contributed by atoms with Crippen molar-refractivity contribution >= 4 is 34.7 Å². The van der Waals surface area contributed by atoms with Crippen LogP contribution in [-0.4, -0.2) is 22.9 Å². The van der Waals surface area contributed by atoms with E-state index < -0.39 is 17.7 Å². The van der Waals surface area contributed by atoms with Crippen LogP contribution in [0, 0.1) is 6.92 Å². The first kappa shape index (κ1) is 22.6. The molecule has 0 radical (unpaired) electrons. The number of rotatable bonds is 5. The van der Waals surface area contributed by atoms with Crippen molar-refractivity contribution < 1.29 is 19.4 Å². The minimum atomic E-state index is -0.780. The molecular weight excluding hydrogens is 438 g/mol. The summed E-state index contributed by atoms with van der Waals surface area (Å²) >= 11 is 6.03. The van der Waals surface area contributed by atoms with Crippen molar-refractivity contribution in [1.82, 2.24) is 0 Å². The number of carbonyl (C=O) groups excluding carboxylic acids is 2. The number of amides is 1. The lowest BCUT2D eigenvalue weighted by atomic mass is 9.94. The summed E-state index contributed by atoms with van der Waals surface area (Å²) in [7, 11) is 0. The molecule has 1 amide bonds. The summed E-state index contributed by atoms with van der Waals surface area (Å²) < 4.78 is 5.66. The Bertz CT molecular complexity index is 1230. The van der Waals surface area contributed by atoms with Gasteiger partial charge in [0.25, 0.3) is 11.7 Å². The van der Waals surface area contributed by atoms with Crippen molar-refractivity contribution in [3.63, 3.8) is 0 Å². The highest BCUT2D eigenvalue weighted by molar-refractivity contribution is 6.51. The number of ketones is 1. The minimum Gasteiger partial charge on any atom is -0.507 e. The van der Waals surface area contributed by atoms with Gasteiger partial charge in [-0.3, -0.25) is 14.5 Å². The Morgan fingerprint density at radius 2 is 1.67 bits per heavy atom. The molecular formula is C27H24ClNO4. The molecule has 1 atom stereocenters. The van der Waals surface area contributed by atoms with Crippen LogP contribution in [0.4, 0.5) is 5.69 Å². The van der Waals surface area contributed by atoms with E-state index in [1.54, 1.807) is 48.5 Å². The highest BCUT2D eigenvalue weighted by Gasteiger charge is 2.46. The van der Waals surface area contributed by atoms with Gasteiger partial charge in [-0.1, -0.05) is 41.4 Å². The number of Topliss-reactive ketones (excluding diaryl/α,β-unsaturated/α-hetero) is 1. The summed E-state index contributed by atoms with van der Waals surface area (Å²) in [5.74, 6) is -1.02. The summed E-state index contributed by atoms with van der Waals surface area (Å²) in [6.45, 7) is 5.79. The number of carbonyl (C=O) groups is 2. The van der Waals surface area contributed by atoms with Gasteiger partial charge in [0.15, 0.2) is 0 Å². The van der Waals surface area contributed by atoms with Crippen molar-refractivity contribution in [2.75, 3.05) is 4.90 Å². The highest BCUT2D eigenvalue weighted by atomic mass is 35.5. The molecule has 0 aliphatic carbocycles. The number of benzene rings is 3. The topological polar surface area (TPSA) is 66.8 Å². The largest absolute Gasteiger partial charge is 0.507 e. The van der Waals surface area contributed by atoms with E-state index in [2.05, 4.69) is 0 Å². The van der Waals surface area contributed by atoms with Crippen molar-refractivity contribution in [3.05, 3.63) is 100 Å². The van der Waals surface area contributed by atoms with Gasteiger partial charge < -0.3 is 9.84 Å². The average Bonchev–Trinajstić information content (AvgIpc) is 3.05. The third-order valence-corrected chi connectivity index (χ3v) is 5.66. The molecule has 1 fully saturated rings. The van der Waals surface area contributed by atoms with Crippen LogP contribution in [0.3, 0.4) is 0 Å². The molecule has 5 nitrogen and oxygen atoms in total. The second kappa shape index (κ2) is 9.12. The molecule has 1 unspecified atom stereocenters. The fraction of sp³-hybridized carbons (Fsp3) is 0.185. The quantitative estimate of drug-likeness (QED) is 0.285. The van der Waals surface area contributed by atoms with E-state index in [1.807, 2.05) is 45.0 Å². The van der Waals surface area contributed by atoms with Gasteiger partial charge in [0.1, 0.15) is 11.5 Å². The van der Waals surface area contributed by atoms with E-state index in [9.17, 15) is 14.7 Å². The van der Waals surface area contributed by atoms with Crippen LogP contribution in [0.5, 0.6) is 5.75 Å². The number of aliphatic hydroxyl groups is 1. The molecule has 4 rings (SSSR count). The van der Waals surface area contributed by atoms with Crippen molar-refractivity contribution in [1.29, 1.82) is 0 Å². The zero-order chi connectivity index (χ0) is 23.7. The standard InChI is InChI=1S/C27H24ClNO4/c1-16(2)33-22-13-7-18(8-14-22)25(30)23-24(19-6-4-5-17(3)15-19)29(27(32)26(23)31)21-11-9-20(28)10-12-21/h4-16,24,30H,1-3H3/b25-23-. The summed E-state index contributed by atoms with van der Waals surface area (Å²) in [5.41, 5.74) is 2.69. The minimum absolute atomic E-state index is 0.00969. The van der Waals surface area contributed by atoms with Gasteiger partial charge >= 0.3 is 0 Å². The maximum Gasteiger partial charge on any atom is 0.300 e. The summed E-state index contributed by atoms with van der Waals surface area (Å²) in [6, 6.07) is 20.3. The second-order valence-electron chi connectivity index (χ2n) is 8.25. The lowest BCUT2D eigenvalue weighted by Gasteiger charge is -2.25. The maximum atomic E-state index is 13.2. The molecule has 1 heterocycles. The first-order chi connectivity index (χ1) is 15.8. The first-order valence-electron chi connectivity index (χ1n) is 10.7. The maximum absolute atomic E-state index is 13.2. The van der Waals surface area contributed by atoms with E-state index in [4.69, 9.17) is 16.3 Å². The Hall–Kier alpha value is -3.57. The molecule has 1 saturated heterocycles. The Balaban J connectivity index is 1.86. The van der Waals surface area contributed by atoms with Crippen molar-refractivity contribution in [2.24, 2.45) is 0 Å². The van der Waals surface area contributed by atoms with E-state index in [0.29, 0.717) is 22.0 Å². The molecule has 0 saturated carbocycles. The van der Waals surface area contributed by atoms with Gasteiger partial charge in [-0.25, -0.2) is 0 Å². The number of nitrogens with zero attached hydrogens (tertiary/aromatic N) is 1. The Labute approximate surface area is 197 Å². The molecule has 0 spiro atoms. The number of ether oxygens (including phenoxy) is 1. The van der Waals surface area contributed by atoms with Crippen LogP contribution in [0.15, 0.2) is 78.4 Å².